The first-order valence-electron chi connectivity index (χ1n) is 4.34. The van der Waals surface area contributed by atoms with E-state index in [1.165, 1.54) is 0 Å². The molecule has 0 bridgehead atoms. The van der Waals surface area contributed by atoms with Gasteiger partial charge in [-0.2, -0.15) is 0 Å². The van der Waals surface area contributed by atoms with Crippen LogP contribution in [0.1, 0.15) is 0 Å². The summed E-state index contributed by atoms with van der Waals surface area (Å²) >= 11 is 0. The van der Waals surface area contributed by atoms with Crippen LogP contribution in [0, 0.1) is 0 Å². The molecule has 7 heteroatoms. The third-order valence-electron chi connectivity index (χ3n) is 3.92. The molecule has 0 unspecified atom stereocenters. The third kappa shape index (κ3) is 0.494. The molecular weight excluding hydrogens is 203 g/mol. The summed E-state index contributed by atoms with van der Waals surface area (Å²) in [4.78, 5) is 23.0. The Hall–Kier alpha value is -1.03. The molecule has 0 N–H and O–H groups in total. The van der Waals surface area contributed by atoms with E-state index in [0.29, 0.717) is 0 Å². The van der Waals surface area contributed by atoms with Crippen LogP contribution in [-0.2, 0) is 0 Å². The van der Waals surface area contributed by atoms with Crippen molar-refractivity contribution in [3.8, 4) is 0 Å². The van der Waals surface area contributed by atoms with E-state index in [1.54, 1.807) is 46.9 Å². The minimum absolute atomic E-state index is 0.0311. The predicted molar refractivity (Wildman–Crippen MR) is 54.7 cm³/mol. The van der Waals surface area contributed by atoms with Gasteiger partial charge in [0.15, 0.2) is 0 Å². The van der Waals surface area contributed by atoms with E-state index in [9.17, 15) is 9.59 Å². The predicted octanol–water partition coefficient (Wildman–Crippen LogP) is 0.824. The topological polar surface area (TPSA) is 47.1 Å². The van der Waals surface area contributed by atoms with Gasteiger partial charge in [0.2, 0.25) is 0 Å². The van der Waals surface area contributed by atoms with Crippen molar-refractivity contribution in [2.24, 2.45) is 0 Å². The van der Waals surface area contributed by atoms with E-state index in [2.05, 4.69) is 0 Å². The number of amides is 4. The number of rotatable bonds is 0. The molecule has 0 aromatic rings. The number of carbonyl (C=O) groups excluding carboxylic acids is 2. The summed E-state index contributed by atoms with van der Waals surface area (Å²) < 4.78 is 6.75. The molecular formula is C7H15N4O2P. The Kier molecular flexibility index (Phi) is 1.35. The Morgan fingerprint density at radius 3 is 1.21 bits per heavy atom. The minimum atomic E-state index is -2.67. The molecule has 4 amide bonds. The molecule has 0 aromatic heterocycles. The van der Waals surface area contributed by atoms with Crippen LogP contribution in [0.5, 0.6) is 0 Å². The number of hydrogen-bond donors (Lipinski definition) is 0. The van der Waals surface area contributed by atoms with Gasteiger partial charge in [-0.05, 0) is 0 Å². The van der Waals surface area contributed by atoms with Crippen molar-refractivity contribution in [2.45, 2.75) is 0 Å². The zero-order chi connectivity index (χ0) is 10.9. The van der Waals surface area contributed by atoms with E-state index < -0.39 is 7.21 Å². The molecule has 80 valence electrons. The van der Waals surface area contributed by atoms with Crippen LogP contribution < -0.4 is 0 Å². The van der Waals surface area contributed by atoms with Crippen LogP contribution in [0.3, 0.4) is 0 Å². The van der Waals surface area contributed by atoms with Crippen LogP contribution in [0.15, 0.2) is 0 Å². The summed E-state index contributed by atoms with van der Waals surface area (Å²) in [6.45, 7) is 1.98. The molecule has 0 aliphatic carbocycles. The summed E-state index contributed by atoms with van der Waals surface area (Å²) in [5.74, 6) is 0. The molecule has 2 aliphatic heterocycles. The normalized spacial score (nSPS) is 31.1. The van der Waals surface area contributed by atoms with Crippen molar-refractivity contribution in [2.75, 3.05) is 34.9 Å². The van der Waals surface area contributed by atoms with Gasteiger partial charge in [0.05, 0.1) is 0 Å². The van der Waals surface area contributed by atoms with Gasteiger partial charge in [-0.15, -0.1) is 0 Å². The molecule has 0 saturated carbocycles. The van der Waals surface area contributed by atoms with E-state index in [1.807, 2.05) is 6.66 Å². The molecule has 0 aromatic carbocycles. The second-order valence-corrected chi connectivity index (χ2v) is 9.07. The summed E-state index contributed by atoms with van der Waals surface area (Å²) in [6, 6.07) is -0.0623. The zero-order valence-corrected chi connectivity index (χ0v) is 9.95. The Labute approximate surface area is 83.2 Å². The van der Waals surface area contributed by atoms with Crippen molar-refractivity contribution in [3.05, 3.63) is 0 Å². The molecule has 2 aliphatic rings. The maximum atomic E-state index is 11.5. The van der Waals surface area contributed by atoms with Crippen LogP contribution in [0.25, 0.3) is 0 Å². The van der Waals surface area contributed by atoms with Crippen LogP contribution in [0.2, 0.25) is 0 Å². The Morgan fingerprint density at radius 2 is 1.00 bits per heavy atom. The van der Waals surface area contributed by atoms with Crippen molar-refractivity contribution < 1.29 is 9.59 Å². The second-order valence-electron chi connectivity index (χ2n) is 4.00. The van der Waals surface area contributed by atoms with E-state index in [-0.39, 0.29) is 12.1 Å². The average Bonchev–Trinajstić information content (AvgIpc) is 2.23. The van der Waals surface area contributed by atoms with Crippen LogP contribution in [-0.4, -0.2) is 65.6 Å². The monoisotopic (exact) mass is 218 g/mol. The van der Waals surface area contributed by atoms with Crippen molar-refractivity contribution in [1.29, 1.82) is 0 Å². The Morgan fingerprint density at radius 1 is 0.786 bits per heavy atom. The summed E-state index contributed by atoms with van der Waals surface area (Å²) in [5, 5.41) is 0. The van der Waals surface area contributed by atoms with Gasteiger partial charge in [0.1, 0.15) is 0 Å². The van der Waals surface area contributed by atoms with Crippen LogP contribution in [0.4, 0.5) is 9.59 Å². The number of carbonyl (C=O) groups is 2. The van der Waals surface area contributed by atoms with E-state index in [4.69, 9.17) is 0 Å². The van der Waals surface area contributed by atoms with Gasteiger partial charge in [-0.25, -0.2) is 0 Å². The summed E-state index contributed by atoms with van der Waals surface area (Å²) in [6.07, 6.45) is 0. The summed E-state index contributed by atoms with van der Waals surface area (Å²) in [7, 11) is 4.32. The van der Waals surface area contributed by atoms with Gasteiger partial charge in [0.25, 0.3) is 0 Å². The SMILES string of the molecule is CN1C(=O)N(C)P12(C)N(C)C(=O)N2C. The first-order chi connectivity index (χ1) is 6.28. The van der Waals surface area contributed by atoms with Gasteiger partial charge in [-0.1, -0.05) is 0 Å². The van der Waals surface area contributed by atoms with E-state index in [0.717, 1.165) is 0 Å². The molecule has 0 radical (unpaired) electrons. The quantitative estimate of drug-likeness (QED) is 0.565. The second kappa shape index (κ2) is 1.98. The van der Waals surface area contributed by atoms with Crippen molar-refractivity contribution in [1.82, 2.24) is 18.7 Å². The van der Waals surface area contributed by atoms with Crippen LogP contribution >= 0.6 is 7.21 Å². The van der Waals surface area contributed by atoms with Crippen molar-refractivity contribution in [3.63, 3.8) is 0 Å². The zero-order valence-electron chi connectivity index (χ0n) is 9.05. The molecule has 2 heterocycles. The molecule has 2 fully saturated rings. The molecule has 1 spiro atoms. The number of urea groups is 2. The fourth-order valence-corrected chi connectivity index (χ4v) is 6.66. The molecule has 2 saturated heterocycles. The van der Waals surface area contributed by atoms with Gasteiger partial charge in [0, 0.05) is 0 Å². The molecule has 14 heavy (non-hydrogen) atoms. The molecule has 2 rings (SSSR count). The van der Waals surface area contributed by atoms with Gasteiger partial charge in [-0.3, -0.25) is 0 Å². The number of nitrogens with zero attached hydrogens (tertiary/aromatic N) is 4. The standard InChI is InChI=1S/C7H15N4O2P/c1-8-6(12)9(2)14(8,5)10(3)7(13)11(14)4/h1-5H3. The third-order valence-corrected chi connectivity index (χ3v) is 10.2. The average molecular weight is 218 g/mol. The Bertz CT molecular complexity index is 294. The van der Waals surface area contributed by atoms with Gasteiger partial charge < -0.3 is 0 Å². The number of hydrogen-bond acceptors (Lipinski definition) is 2. The van der Waals surface area contributed by atoms with Gasteiger partial charge >= 0.3 is 82.4 Å². The van der Waals surface area contributed by atoms with E-state index >= 15 is 0 Å². The molecule has 6 nitrogen and oxygen atoms in total. The fraction of sp³-hybridized carbons (Fsp3) is 0.714. The maximum absolute atomic E-state index is 11.5. The fourth-order valence-electron chi connectivity index (χ4n) is 2.35. The summed E-state index contributed by atoms with van der Waals surface area (Å²) in [5.41, 5.74) is 0. The first-order valence-corrected chi connectivity index (χ1v) is 6.83. The first kappa shape index (κ1) is 9.52. The molecule has 0 atom stereocenters. The Balaban J connectivity index is 2.51. The van der Waals surface area contributed by atoms with Crippen molar-refractivity contribution >= 4 is 19.3 Å².